The topological polar surface area (TPSA) is 136 Å². The molecule has 0 saturated carbocycles. The Kier molecular flexibility index (Phi) is 9.85. The van der Waals surface area contributed by atoms with E-state index in [1.54, 1.807) is 0 Å². The Bertz CT molecular complexity index is 209. The van der Waals surface area contributed by atoms with Crippen molar-refractivity contribution in [1.29, 1.82) is 0 Å². The monoisotopic (exact) mass is 287 g/mol. The van der Waals surface area contributed by atoms with Crippen molar-refractivity contribution in [2.75, 3.05) is 18.1 Å². The molecule has 0 saturated heterocycles. The number of carbonyl (C=O) groups is 1. The molecule has 0 aliphatic rings. The molecule has 0 aliphatic heterocycles. The summed E-state index contributed by atoms with van der Waals surface area (Å²) in [5.74, 6) is 0.902. The summed E-state index contributed by atoms with van der Waals surface area (Å²) in [4.78, 5) is 11.3. The summed E-state index contributed by atoms with van der Waals surface area (Å²) in [6.07, 6.45) is -1.30. The van der Waals surface area contributed by atoms with Gasteiger partial charge in [-0.3, -0.25) is 4.79 Å². The number of thioether (sulfide) groups is 1. The molecule has 3 unspecified atom stereocenters. The van der Waals surface area contributed by atoms with Gasteiger partial charge < -0.3 is 27.4 Å². The van der Waals surface area contributed by atoms with E-state index >= 15 is 0 Å². The summed E-state index contributed by atoms with van der Waals surface area (Å²) < 4.78 is 0. The number of nitrogens with two attached hydrogens (primary N) is 3. The van der Waals surface area contributed by atoms with Gasteiger partial charge in [0.05, 0.1) is 6.04 Å². The zero-order valence-corrected chi connectivity index (χ0v) is 11.1. The van der Waals surface area contributed by atoms with Crippen molar-refractivity contribution in [2.24, 2.45) is 17.2 Å². The molecule has 6 nitrogen and oxygen atoms in total. The largest absolute Gasteiger partial charge is 0.377 e. The summed E-state index contributed by atoms with van der Waals surface area (Å²) in [7, 11) is 2.18. The van der Waals surface area contributed by atoms with Crippen LogP contribution in [0.4, 0.5) is 0 Å². The molecule has 0 bridgehead atoms. The molecule has 0 radical (unpaired) electrons. The van der Waals surface area contributed by atoms with Crippen molar-refractivity contribution in [3.05, 3.63) is 0 Å². The molecule has 0 amide bonds. The zero-order chi connectivity index (χ0) is 12.6. The van der Waals surface area contributed by atoms with Gasteiger partial charge in [0.15, 0.2) is 0 Å². The minimum absolute atomic E-state index is 0.124. The van der Waals surface area contributed by atoms with Crippen LogP contribution in [0.3, 0.4) is 0 Å². The predicted octanol–water partition coefficient (Wildman–Crippen LogP) is -1.49. The number of hydrogen-bond acceptors (Lipinski definition) is 9. The molecule has 0 spiro atoms. The summed E-state index contributed by atoms with van der Waals surface area (Å²) in [6, 6.07) is -0.601. The van der Waals surface area contributed by atoms with Gasteiger partial charge in [-0.2, -0.15) is 0 Å². The summed E-state index contributed by atoms with van der Waals surface area (Å²) in [6.45, 7) is 0.434. The third kappa shape index (κ3) is 7.74. The molecule has 9 heteroatoms. The van der Waals surface area contributed by atoms with Crippen LogP contribution in [0.5, 0.6) is 0 Å². The van der Waals surface area contributed by atoms with E-state index < -0.39 is 17.7 Å². The highest BCUT2D eigenvalue weighted by molar-refractivity contribution is 8.76. The zero-order valence-electron chi connectivity index (χ0n) is 8.61. The van der Waals surface area contributed by atoms with Gasteiger partial charge in [0, 0.05) is 18.1 Å². The normalized spacial score (nSPS) is 16.8. The maximum atomic E-state index is 11.3. The fourth-order valence-electron chi connectivity index (χ4n) is 0.574. The first-order valence-corrected chi connectivity index (χ1v) is 7.88. The maximum absolute atomic E-state index is 11.3. The van der Waals surface area contributed by atoms with Crippen molar-refractivity contribution in [3.8, 4) is 0 Å². The fraction of sp³-hybridized carbons (Fsp3) is 0.857. The van der Waals surface area contributed by atoms with Crippen LogP contribution < -0.4 is 17.2 Å². The van der Waals surface area contributed by atoms with E-state index in [1.807, 2.05) is 0 Å². The average molecular weight is 287 g/mol. The molecule has 96 valence electrons. The lowest BCUT2D eigenvalue weighted by molar-refractivity contribution is -0.111. The van der Waals surface area contributed by atoms with Crippen LogP contribution >= 0.6 is 33.3 Å². The molecule has 0 rings (SSSR count). The maximum Gasteiger partial charge on any atom is 0.206 e. The highest BCUT2D eigenvalue weighted by Gasteiger charge is 2.17. The predicted molar refractivity (Wildman–Crippen MR) is 70.7 cm³/mol. The number of aliphatic hydroxyl groups excluding tert-OH is 2. The Morgan fingerprint density at radius 3 is 2.44 bits per heavy atom. The molecular weight excluding hydrogens is 270 g/mol. The van der Waals surface area contributed by atoms with E-state index in [9.17, 15) is 4.79 Å². The SMILES string of the molecule is NCCSC(=O)C(N)CSSC(O)C(N)O. The minimum Gasteiger partial charge on any atom is -0.377 e. The van der Waals surface area contributed by atoms with Crippen LogP contribution in [0.25, 0.3) is 0 Å². The second-order valence-electron chi connectivity index (χ2n) is 2.82. The molecule has 0 aromatic carbocycles. The van der Waals surface area contributed by atoms with E-state index in [4.69, 9.17) is 27.4 Å². The molecule has 0 aliphatic carbocycles. The Balaban J connectivity index is 3.64. The van der Waals surface area contributed by atoms with Crippen LogP contribution in [0.1, 0.15) is 0 Å². The van der Waals surface area contributed by atoms with Gasteiger partial charge >= 0.3 is 0 Å². The molecule has 8 N–H and O–H groups in total. The Morgan fingerprint density at radius 1 is 1.31 bits per heavy atom. The van der Waals surface area contributed by atoms with Crippen LogP contribution in [-0.2, 0) is 4.79 Å². The first-order chi connectivity index (χ1) is 7.49. The highest BCUT2D eigenvalue weighted by Crippen LogP contribution is 2.27. The van der Waals surface area contributed by atoms with Gasteiger partial charge in [-0.15, -0.1) is 0 Å². The van der Waals surface area contributed by atoms with E-state index in [-0.39, 0.29) is 5.12 Å². The lowest BCUT2D eigenvalue weighted by Gasteiger charge is -2.13. The van der Waals surface area contributed by atoms with Gasteiger partial charge in [0.2, 0.25) is 5.12 Å². The van der Waals surface area contributed by atoms with Gasteiger partial charge in [-0.25, -0.2) is 0 Å². The van der Waals surface area contributed by atoms with Crippen LogP contribution in [0.15, 0.2) is 0 Å². The van der Waals surface area contributed by atoms with E-state index in [0.29, 0.717) is 18.1 Å². The number of rotatable bonds is 8. The molecule has 0 fully saturated rings. The number of carbonyl (C=O) groups excluding carboxylic acids is 1. The number of aliphatic hydroxyl groups is 2. The van der Waals surface area contributed by atoms with Crippen LogP contribution in [0.2, 0.25) is 0 Å². The van der Waals surface area contributed by atoms with Gasteiger partial charge in [0.1, 0.15) is 11.7 Å². The summed E-state index contributed by atoms with van der Waals surface area (Å²) >= 11 is 1.10. The van der Waals surface area contributed by atoms with Gasteiger partial charge in [-0.05, 0) is 0 Å². The lowest BCUT2D eigenvalue weighted by atomic mass is 10.4. The van der Waals surface area contributed by atoms with Crippen LogP contribution in [-0.4, -0.2) is 51.1 Å². The van der Waals surface area contributed by atoms with Crippen LogP contribution in [0, 0.1) is 0 Å². The molecule has 3 atom stereocenters. The fourth-order valence-corrected chi connectivity index (χ4v) is 3.36. The third-order valence-electron chi connectivity index (χ3n) is 1.37. The Labute approximate surface area is 106 Å². The second-order valence-corrected chi connectivity index (χ2v) is 6.45. The van der Waals surface area contributed by atoms with Crippen molar-refractivity contribution < 1.29 is 15.0 Å². The molecule has 0 heterocycles. The van der Waals surface area contributed by atoms with E-state index in [2.05, 4.69) is 0 Å². The quantitative estimate of drug-likeness (QED) is 0.267. The summed E-state index contributed by atoms with van der Waals surface area (Å²) in [5, 5.41) is 17.8. The van der Waals surface area contributed by atoms with E-state index in [1.165, 1.54) is 10.8 Å². The minimum atomic E-state index is -1.30. The molecule has 16 heavy (non-hydrogen) atoms. The Morgan fingerprint density at radius 2 is 1.94 bits per heavy atom. The van der Waals surface area contributed by atoms with Gasteiger partial charge in [-0.1, -0.05) is 33.3 Å². The van der Waals surface area contributed by atoms with Crippen molar-refractivity contribution in [3.63, 3.8) is 0 Å². The molecule has 0 aromatic rings. The standard InChI is InChI=1S/C7H17N3O3S3/c8-1-2-14-6(12)4(9)3-15-16-7(13)5(10)11/h4-5,7,11,13H,1-3,8-10H2. The number of hydrogen-bond donors (Lipinski definition) is 5. The van der Waals surface area contributed by atoms with Crippen molar-refractivity contribution in [2.45, 2.75) is 17.7 Å². The Hall–Kier alpha value is 0.520. The van der Waals surface area contributed by atoms with Crippen molar-refractivity contribution >= 4 is 38.5 Å². The first-order valence-electron chi connectivity index (χ1n) is 4.51. The first kappa shape index (κ1) is 16.5. The van der Waals surface area contributed by atoms with Gasteiger partial charge in [0.25, 0.3) is 0 Å². The molecular formula is C7H17N3O3S3. The third-order valence-corrected chi connectivity index (χ3v) is 4.91. The smallest absolute Gasteiger partial charge is 0.206 e. The lowest BCUT2D eigenvalue weighted by Crippen LogP contribution is -2.33. The van der Waals surface area contributed by atoms with E-state index in [0.717, 1.165) is 22.6 Å². The molecule has 0 aromatic heterocycles. The highest BCUT2D eigenvalue weighted by atomic mass is 33.1. The second kappa shape index (κ2) is 9.54. The summed E-state index contributed by atoms with van der Waals surface area (Å²) in [5.41, 5.74) is 14.8. The average Bonchev–Trinajstić information content (AvgIpc) is 2.25. The van der Waals surface area contributed by atoms with Crippen molar-refractivity contribution in [1.82, 2.24) is 0 Å².